The Labute approximate surface area is 356 Å². The Hall–Kier alpha value is -7.76. The second-order valence-electron chi connectivity index (χ2n) is 18.1. The van der Waals surface area contributed by atoms with E-state index in [0.717, 1.165) is 55.7 Å². The molecule has 290 valence electrons. The van der Waals surface area contributed by atoms with Crippen molar-refractivity contribution in [3.05, 3.63) is 196 Å². The van der Waals surface area contributed by atoms with E-state index in [4.69, 9.17) is 14.4 Å². The van der Waals surface area contributed by atoms with Crippen molar-refractivity contribution in [2.75, 3.05) is 4.90 Å². The van der Waals surface area contributed by atoms with E-state index in [1.54, 1.807) is 0 Å². The highest BCUT2D eigenvalue weighted by Gasteiger charge is 2.52. The second-order valence-corrected chi connectivity index (χ2v) is 18.1. The molecule has 4 aliphatic rings. The normalized spacial score (nSPS) is 15.5. The fraction of sp³-hybridized carbons (Fsp3) is 0.0877. The Morgan fingerprint density at radius 3 is 1.98 bits per heavy atom. The van der Waals surface area contributed by atoms with Crippen LogP contribution in [0, 0.1) is 0 Å². The van der Waals surface area contributed by atoms with E-state index in [2.05, 4.69) is 182 Å². The van der Waals surface area contributed by atoms with Crippen molar-refractivity contribution >= 4 is 83.7 Å². The highest BCUT2D eigenvalue weighted by atomic mass is 16.3. The predicted octanol–water partition coefficient (Wildman–Crippen LogP) is 14.1. The Bertz CT molecular complexity index is 3880. The minimum Gasteiger partial charge on any atom is -0.453 e. The lowest BCUT2D eigenvalue weighted by atomic mass is 9.61. The Kier molecular flexibility index (Phi) is 5.83. The van der Waals surface area contributed by atoms with Crippen molar-refractivity contribution in [2.45, 2.75) is 24.7 Å². The molecule has 5 heteroatoms. The number of nitrogens with zero attached hydrogens (tertiary/aromatic N) is 4. The average Bonchev–Trinajstić information content (AvgIpc) is 4.06. The minimum absolute atomic E-state index is 0.247. The molecule has 7 aromatic carbocycles. The summed E-state index contributed by atoms with van der Waals surface area (Å²) in [5.41, 5.74) is 20.8. The van der Waals surface area contributed by atoms with Crippen LogP contribution in [0.5, 0.6) is 0 Å². The molecule has 0 atom stereocenters. The number of anilines is 3. The lowest BCUT2D eigenvalue weighted by Crippen LogP contribution is -2.32. The van der Waals surface area contributed by atoms with Crippen LogP contribution in [-0.2, 0) is 17.9 Å². The third-order valence-corrected chi connectivity index (χ3v) is 15.0. The van der Waals surface area contributed by atoms with Gasteiger partial charge in [-0.15, -0.1) is 0 Å². The number of aromatic nitrogens is 3. The van der Waals surface area contributed by atoms with Gasteiger partial charge in [0.05, 0.1) is 39.4 Å². The first-order valence-electron chi connectivity index (χ1n) is 21.5. The van der Waals surface area contributed by atoms with E-state index in [1.165, 1.54) is 82.9 Å². The average molecular weight is 793 g/mol. The third kappa shape index (κ3) is 3.64. The Balaban J connectivity index is 1.07. The smallest absolute Gasteiger partial charge is 0.159 e. The van der Waals surface area contributed by atoms with Crippen molar-refractivity contribution in [3.8, 4) is 22.5 Å². The van der Waals surface area contributed by atoms with E-state index in [-0.39, 0.29) is 5.41 Å². The fourth-order valence-corrected chi connectivity index (χ4v) is 12.4. The third-order valence-electron chi connectivity index (χ3n) is 15.0. The van der Waals surface area contributed by atoms with E-state index in [9.17, 15) is 0 Å². The van der Waals surface area contributed by atoms with Crippen LogP contribution in [0.1, 0.15) is 58.4 Å². The first kappa shape index (κ1) is 33.0. The summed E-state index contributed by atoms with van der Waals surface area (Å²) < 4.78 is 9.92. The molecule has 62 heavy (non-hydrogen) atoms. The molecule has 5 heterocycles. The first-order valence-corrected chi connectivity index (χ1v) is 21.5. The van der Waals surface area contributed by atoms with Gasteiger partial charge in [-0.3, -0.25) is 9.97 Å². The number of pyridine rings is 2. The number of aryl methyl sites for hydroxylation is 1. The zero-order valence-corrected chi connectivity index (χ0v) is 34.3. The number of para-hydroxylation sites is 3. The van der Waals surface area contributed by atoms with Gasteiger partial charge >= 0.3 is 0 Å². The zero-order valence-electron chi connectivity index (χ0n) is 34.3. The zero-order chi connectivity index (χ0) is 40.8. The van der Waals surface area contributed by atoms with Crippen molar-refractivity contribution < 1.29 is 4.42 Å². The summed E-state index contributed by atoms with van der Waals surface area (Å²) >= 11 is 0. The van der Waals surface area contributed by atoms with Gasteiger partial charge in [0, 0.05) is 57.5 Å². The number of hydrogen-bond acceptors (Lipinski definition) is 4. The summed E-state index contributed by atoms with van der Waals surface area (Å²) in [6, 6.07) is 51.9. The van der Waals surface area contributed by atoms with Crippen LogP contribution in [0.3, 0.4) is 0 Å². The van der Waals surface area contributed by atoms with E-state index >= 15 is 0 Å². The fourth-order valence-electron chi connectivity index (χ4n) is 12.4. The standard InChI is InChI=1S/C57H36N4O/c1-56(2)38-13-5-7-17-45(38)61(48-30-47-37(29-43(48)56)33-11-4-6-16-44(33)60(47)3)46-18-8-12-34-35-24-26-40-51(55(35)62-54(34)46)36-23-21-31-19-20-32-22-25-39(50(36)49(31)32)57(40)41-14-9-27-58-52(41)53-42(57)15-10-28-59-53/h4-30H,1-3H3. The summed E-state index contributed by atoms with van der Waals surface area (Å²) in [6.45, 7) is 4.74. The molecule has 4 aromatic heterocycles. The van der Waals surface area contributed by atoms with E-state index < -0.39 is 5.41 Å². The van der Waals surface area contributed by atoms with Crippen LogP contribution in [0.25, 0.3) is 89.2 Å². The molecule has 0 bridgehead atoms. The first-order chi connectivity index (χ1) is 30.4. The minimum atomic E-state index is -0.647. The molecular formula is C57H36N4O. The highest BCUT2D eigenvalue weighted by Crippen LogP contribution is 2.63. The molecule has 15 rings (SSSR count). The monoisotopic (exact) mass is 792 g/mol. The molecule has 0 amide bonds. The number of furan rings is 1. The summed E-state index contributed by atoms with van der Waals surface area (Å²) in [5, 5.41) is 7.32. The molecule has 3 aliphatic carbocycles. The molecule has 0 unspecified atom stereocenters. The SMILES string of the molecule is Cn1c2ccccc2c2cc3c(cc21)N(c1cccc2c1oc1c4c(ccc12)C1(c2cccnc2-c2ncccc21)c1ccc2c5c(ccc-4c15)C=C2)c1ccccc1C3(C)C. The van der Waals surface area contributed by atoms with Crippen LogP contribution < -0.4 is 4.90 Å². The Morgan fingerprint density at radius 1 is 0.484 bits per heavy atom. The maximum atomic E-state index is 7.58. The summed E-state index contributed by atoms with van der Waals surface area (Å²) in [4.78, 5) is 12.5. The largest absolute Gasteiger partial charge is 0.453 e. The maximum Gasteiger partial charge on any atom is 0.159 e. The van der Waals surface area contributed by atoms with E-state index in [0.29, 0.717) is 0 Å². The number of rotatable bonds is 1. The van der Waals surface area contributed by atoms with Crippen LogP contribution in [-0.4, -0.2) is 14.5 Å². The topological polar surface area (TPSA) is 47.1 Å². The maximum absolute atomic E-state index is 7.58. The highest BCUT2D eigenvalue weighted by molar-refractivity contribution is 6.21. The van der Waals surface area contributed by atoms with Gasteiger partial charge in [-0.05, 0) is 103 Å². The van der Waals surface area contributed by atoms with Gasteiger partial charge in [-0.1, -0.05) is 123 Å². The van der Waals surface area contributed by atoms with Gasteiger partial charge in [0.25, 0.3) is 0 Å². The summed E-state index contributed by atoms with van der Waals surface area (Å²) in [6.07, 6.45) is 8.32. The quantitative estimate of drug-likeness (QED) is 0.166. The van der Waals surface area contributed by atoms with Gasteiger partial charge in [-0.25, -0.2) is 0 Å². The van der Waals surface area contributed by atoms with E-state index in [1.807, 2.05) is 12.4 Å². The predicted molar refractivity (Wildman–Crippen MR) is 253 cm³/mol. The van der Waals surface area contributed by atoms with Crippen LogP contribution in [0.2, 0.25) is 0 Å². The van der Waals surface area contributed by atoms with Crippen LogP contribution in [0.15, 0.2) is 156 Å². The number of hydrogen-bond donors (Lipinski definition) is 0. The van der Waals surface area contributed by atoms with Gasteiger partial charge in [0.15, 0.2) is 5.58 Å². The molecule has 11 aromatic rings. The van der Waals surface area contributed by atoms with Crippen molar-refractivity contribution in [1.82, 2.24) is 14.5 Å². The molecule has 1 aliphatic heterocycles. The summed E-state index contributed by atoms with van der Waals surface area (Å²) in [5.74, 6) is 0. The molecule has 0 radical (unpaired) electrons. The number of fused-ring (bicyclic) bond motifs is 18. The molecular weight excluding hydrogens is 757 g/mol. The number of benzene rings is 7. The Morgan fingerprint density at radius 2 is 1.16 bits per heavy atom. The molecule has 1 spiro atoms. The lowest BCUT2D eigenvalue weighted by molar-refractivity contribution is 0.631. The molecule has 0 N–H and O–H groups in total. The van der Waals surface area contributed by atoms with Crippen molar-refractivity contribution in [3.63, 3.8) is 0 Å². The molecule has 5 nitrogen and oxygen atoms in total. The van der Waals surface area contributed by atoms with Gasteiger partial charge < -0.3 is 13.9 Å². The van der Waals surface area contributed by atoms with Gasteiger partial charge in [0.2, 0.25) is 0 Å². The molecule has 0 saturated carbocycles. The van der Waals surface area contributed by atoms with Crippen LogP contribution in [0.4, 0.5) is 17.1 Å². The summed E-state index contributed by atoms with van der Waals surface area (Å²) in [7, 11) is 2.19. The van der Waals surface area contributed by atoms with Crippen molar-refractivity contribution in [1.29, 1.82) is 0 Å². The van der Waals surface area contributed by atoms with Crippen molar-refractivity contribution in [2.24, 2.45) is 7.05 Å². The second kappa shape index (κ2) is 10.9. The molecule has 0 fully saturated rings. The van der Waals surface area contributed by atoms with Gasteiger partial charge in [0.1, 0.15) is 5.58 Å². The van der Waals surface area contributed by atoms with Crippen LogP contribution >= 0.6 is 0 Å². The van der Waals surface area contributed by atoms with Gasteiger partial charge in [-0.2, -0.15) is 0 Å². The lowest BCUT2D eigenvalue weighted by Gasteiger charge is -2.42. The molecule has 0 saturated heterocycles.